The summed E-state index contributed by atoms with van der Waals surface area (Å²) in [6, 6.07) is 25.6. The van der Waals surface area contributed by atoms with Crippen LogP contribution in [-0.4, -0.2) is 48.3 Å². The van der Waals surface area contributed by atoms with Gasteiger partial charge in [-0.25, -0.2) is 15.5 Å². The van der Waals surface area contributed by atoms with E-state index in [1.54, 1.807) is 45.0 Å². The molecule has 0 heterocycles. The maximum atomic E-state index is 13.0. The number of hydrogen-bond acceptors (Lipinski definition) is 8. The molecule has 0 unspecified atom stereocenters. The fourth-order valence-electron chi connectivity index (χ4n) is 3.86. The lowest BCUT2D eigenvalue weighted by atomic mass is 10.0. The molecule has 42 heavy (non-hydrogen) atoms. The van der Waals surface area contributed by atoms with Crippen molar-refractivity contribution in [3.63, 3.8) is 0 Å². The van der Waals surface area contributed by atoms with Gasteiger partial charge in [0, 0.05) is 12.1 Å². The summed E-state index contributed by atoms with van der Waals surface area (Å²) in [6.45, 7) is 9.17. The predicted molar refractivity (Wildman–Crippen MR) is 160 cm³/mol. The van der Waals surface area contributed by atoms with Crippen LogP contribution in [0.2, 0.25) is 0 Å². The van der Waals surface area contributed by atoms with Crippen LogP contribution in [0.4, 0.5) is 4.79 Å². The Morgan fingerprint density at radius 1 is 0.857 bits per heavy atom. The Balaban J connectivity index is 1.54. The molecule has 0 saturated heterocycles. The van der Waals surface area contributed by atoms with Crippen molar-refractivity contribution in [2.45, 2.75) is 58.0 Å². The normalized spacial score (nSPS) is 12.3. The van der Waals surface area contributed by atoms with Gasteiger partial charge in [0.05, 0.1) is 5.54 Å². The zero-order valence-corrected chi connectivity index (χ0v) is 24.7. The molecule has 0 aromatic heterocycles. The first kappa shape index (κ1) is 32.1. The SMILES string of the molecule is CC(C)(CNC(=N)c1ccc(OC[C@H](ON)C(=O)OC(c2ccccc2)c2ccccc2)cc1)NC(=O)OC(C)(C)C. The highest BCUT2D eigenvalue weighted by molar-refractivity contribution is 5.96. The van der Waals surface area contributed by atoms with Crippen LogP contribution in [0.3, 0.4) is 0 Å². The monoisotopic (exact) mass is 576 g/mol. The molecule has 3 aromatic carbocycles. The molecule has 0 fully saturated rings. The highest BCUT2D eigenvalue weighted by Gasteiger charge is 2.27. The fraction of sp³-hybridized carbons (Fsp3) is 0.344. The third-order valence-electron chi connectivity index (χ3n) is 5.96. The highest BCUT2D eigenvalue weighted by Crippen LogP contribution is 2.26. The lowest BCUT2D eigenvalue weighted by Gasteiger charge is -2.29. The molecule has 10 heteroatoms. The first-order chi connectivity index (χ1) is 19.9. The summed E-state index contributed by atoms with van der Waals surface area (Å²) < 4.78 is 16.9. The summed E-state index contributed by atoms with van der Waals surface area (Å²) in [5.74, 6) is 5.39. The number of benzene rings is 3. The molecule has 0 aliphatic heterocycles. The van der Waals surface area contributed by atoms with E-state index in [4.69, 9.17) is 30.4 Å². The minimum absolute atomic E-state index is 0.167. The number of ether oxygens (including phenoxy) is 3. The molecule has 0 bridgehead atoms. The Hall–Kier alpha value is -4.41. The average molecular weight is 577 g/mol. The Kier molecular flexibility index (Phi) is 11.1. The molecule has 0 spiro atoms. The maximum Gasteiger partial charge on any atom is 0.408 e. The maximum absolute atomic E-state index is 13.0. The first-order valence-electron chi connectivity index (χ1n) is 13.6. The molecule has 1 atom stereocenters. The van der Waals surface area contributed by atoms with Gasteiger partial charge in [0.2, 0.25) is 6.10 Å². The number of carbonyl (C=O) groups excluding carboxylic acids is 2. The van der Waals surface area contributed by atoms with Crippen molar-refractivity contribution in [1.82, 2.24) is 10.6 Å². The molecule has 5 N–H and O–H groups in total. The smallest absolute Gasteiger partial charge is 0.408 e. The van der Waals surface area contributed by atoms with Crippen LogP contribution in [0, 0.1) is 5.41 Å². The van der Waals surface area contributed by atoms with Gasteiger partial charge >= 0.3 is 12.1 Å². The van der Waals surface area contributed by atoms with E-state index in [1.165, 1.54) is 0 Å². The van der Waals surface area contributed by atoms with Gasteiger partial charge in [-0.1, -0.05) is 60.7 Å². The summed E-state index contributed by atoms with van der Waals surface area (Å²) in [6.07, 6.45) is -2.33. The van der Waals surface area contributed by atoms with Gasteiger partial charge in [0.15, 0.2) is 6.10 Å². The zero-order valence-electron chi connectivity index (χ0n) is 24.7. The summed E-state index contributed by atoms with van der Waals surface area (Å²) in [5, 5.41) is 14.2. The topological polar surface area (TPSA) is 145 Å². The van der Waals surface area contributed by atoms with E-state index in [1.807, 2.05) is 74.5 Å². The minimum atomic E-state index is -1.17. The molecule has 3 aromatic rings. The van der Waals surface area contributed by atoms with Crippen LogP contribution < -0.4 is 21.3 Å². The Morgan fingerprint density at radius 3 is 1.90 bits per heavy atom. The van der Waals surface area contributed by atoms with E-state index in [0.717, 1.165) is 11.1 Å². The van der Waals surface area contributed by atoms with Crippen molar-refractivity contribution >= 4 is 17.9 Å². The Morgan fingerprint density at radius 2 is 1.40 bits per heavy atom. The molecule has 1 amide bonds. The van der Waals surface area contributed by atoms with E-state index >= 15 is 0 Å². The number of amides is 1. The lowest BCUT2D eigenvalue weighted by molar-refractivity contribution is -0.163. The van der Waals surface area contributed by atoms with E-state index in [-0.39, 0.29) is 12.4 Å². The van der Waals surface area contributed by atoms with Crippen molar-refractivity contribution in [1.29, 1.82) is 5.41 Å². The molecule has 0 saturated carbocycles. The van der Waals surface area contributed by atoms with E-state index in [0.29, 0.717) is 17.9 Å². The van der Waals surface area contributed by atoms with Crippen LogP contribution in [0.1, 0.15) is 57.4 Å². The summed E-state index contributed by atoms with van der Waals surface area (Å²) >= 11 is 0. The molecule has 224 valence electrons. The van der Waals surface area contributed by atoms with Crippen molar-refractivity contribution in [3.05, 3.63) is 102 Å². The van der Waals surface area contributed by atoms with Crippen molar-refractivity contribution in [2.75, 3.05) is 13.2 Å². The number of hydrogen-bond donors (Lipinski definition) is 4. The number of rotatable bonds is 12. The summed E-state index contributed by atoms with van der Waals surface area (Å²) in [7, 11) is 0. The number of carbonyl (C=O) groups is 2. The quantitative estimate of drug-likeness (QED) is 0.103. The zero-order chi connectivity index (χ0) is 30.8. The fourth-order valence-corrected chi connectivity index (χ4v) is 3.86. The summed E-state index contributed by atoms with van der Waals surface area (Å²) in [4.78, 5) is 30.0. The van der Waals surface area contributed by atoms with Gasteiger partial charge in [0.1, 0.15) is 23.8 Å². The molecule has 0 aliphatic carbocycles. The van der Waals surface area contributed by atoms with Gasteiger partial charge in [-0.2, -0.15) is 0 Å². The largest absolute Gasteiger partial charge is 0.490 e. The van der Waals surface area contributed by atoms with E-state index in [2.05, 4.69) is 10.6 Å². The third-order valence-corrected chi connectivity index (χ3v) is 5.96. The van der Waals surface area contributed by atoms with Crippen LogP contribution in [0.5, 0.6) is 5.75 Å². The number of alkyl carbamates (subject to hydrolysis) is 1. The van der Waals surface area contributed by atoms with Gasteiger partial charge < -0.3 is 24.8 Å². The molecular weight excluding hydrogens is 536 g/mol. The third kappa shape index (κ3) is 10.2. The second-order valence-corrected chi connectivity index (χ2v) is 11.3. The molecular formula is C32H40N4O6. The average Bonchev–Trinajstić information content (AvgIpc) is 2.95. The van der Waals surface area contributed by atoms with Crippen LogP contribution >= 0.6 is 0 Å². The van der Waals surface area contributed by atoms with Gasteiger partial charge in [-0.05, 0) is 70.0 Å². The van der Waals surface area contributed by atoms with Gasteiger partial charge in [-0.3, -0.25) is 10.2 Å². The van der Waals surface area contributed by atoms with Crippen molar-refractivity contribution < 1.29 is 28.6 Å². The molecule has 10 nitrogen and oxygen atoms in total. The molecule has 0 radical (unpaired) electrons. The number of nitrogens with two attached hydrogens (primary N) is 1. The lowest BCUT2D eigenvalue weighted by Crippen LogP contribution is -2.52. The Labute approximate surface area is 247 Å². The number of amidine groups is 1. The highest BCUT2D eigenvalue weighted by atomic mass is 16.7. The second kappa shape index (κ2) is 14.5. The molecule has 3 rings (SSSR count). The van der Waals surface area contributed by atoms with Crippen LogP contribution in [-0.2, 0) is 19.1 Å². The van der Waals surface area contributed by atoms with Crippen LogP contribution in [0.15, 0.2) is 84.9 Å². The van der Waals surface area contributed by atoms with E-state index in [9.17, 15) is 9.59 Å². The summed E-state index contributed by atoms with van der Waals surface area (Å²) in [5.41, 5.74) is 0.959. The second-order valence-electron chi connectivity index (χ2n) is 11.3. The minimum Gasteiger partial charge on any atom is -0.490 e. The van der Waals surface area contributed by atoms with Gasteiger partial charge in [-0.15, -0.1) is 0 Å². The number of esters is 1. The molecule has 0 aliphatic rings. The number of nitrogens with one attached hydrogen (secondary N) is 3. The van der Waals surface area contributed by atoms with Gasteiger partial charge in [0.25, 0.3) is 0 Å². The van der Waals surface area contributed by atoms with Crippen molar-refractivity contribution in [2.24, 2.45) is 5.90 Å². The van der Waals surface area contributed by atoms with Crippen LogP contribution in [0.25, 0.3) is 0 Å². The van der Waals surface area contributed by atoms with Crippen molar-refractivity contribution in [3.8, 4) is 5.75 Å². The first-order valence-corrected chi connectivity index (χ1v) is 13.6. The Bertz CT molecular complexity index is 1270. The standard InChI is InChI=1S/C32H40N4O6/c1-31(2,3)41-30(38)36-32(4,5)21-35-28(33)24-16-18-25(19-17-24)39-20-26(42-34)29(37)40-27(22-12-8-6-9-13-22)23-14-10-7-11-15-23/h6-19,26-27H,20-21,34H2,1-5H3,(H2,33,35)(H,36,38)/t26-/m0/s1. The van der Waals surface area contributed by atoms with E-state index < -0.39 is 35.4 Å². The predicted octanol–water partition coefficient (Wildman–Crippen LogP) is 4.88.